The number of aromatic hydroxyl groups is 1. The first-order valence-corrected chi connectivity index (χ1v) is 5.96. The molecule has 1 saturated heterocycles. The minimum atomic E-state index is -0.158. The standard InChI is InChI=1S/C12H15ClN2O2/c1-8-6-9(13)7-10(11(8)16)12(17)15-4-2-14-3-5-15/h6-7,14,16H,2-5H2,1H3. The predicted molar refractivity (Wildman–Crippen MR) is 66.6 cm³/mol. The van der Waals surface area contributed by atoms with E-state index < -0.39 is 0 Å². The van der Waals surface area contributed by atoms with Crippen LogP contribution in [0.3, 0.4) is 0 Å². The van der Waals surface area contributed by atoms with Gasteiger partial charge < -0.3 is 15.3 Å². The number of carbonyl (C=O) groups is 1. The van der Waals surface area contributed by atoms with Crippen LogP contribution in [0.15, 0.2) is 12.1 Å². The van der Waals surface area contributed by atoms with E-state index in [4.69, 9.17) is 11.6 Å². The molecule has 0 bridgehead atoms. The highest BCUT2D eigenvalue weighted by molar-refractivity contribution is 6.31. The number of nitrogens with zero attached hydrogens (tertiary/aromatic N) is 1. The van der Waals surface area contributed by atoms with E-state index in [1.54, 1.807) is 17.9 Å². The predicted octanol–water partition coefficient (Wildman–Crippen LogP) is 1.40. The van der Waals surface area contributed by atoms with Crippen LogP contribution in [0.25, 0.3) is 0 Å². The zero-order valence-electron chi connectivity index (χ0n) is 9.66. The van der Waals surface area contributed by atoms with Crippen molar-refractivity contribution in [2.75, 3.05) is 26.2 Å². The zero-order valence-corrected chi connectivity index (χ0v) is 10.4. The summed E-state index contributed by atoms with van der Waals surface area (Å²) in [5, 5.41) is 13.5. The van der Waals surface area contributed by atoms with Crippen LogP contribution in [0, 0.1) is 6.92 Å². The summed E-state index contributed by atoms with van der Waals surface area (Å²) in [7, 11) is 0. The smallest absolute Gasteiger partial charge is 0.257 e. The summed E-state index contributed by atoms with van der Waals surface area (Å²) < 4.78 is 0. The van der Waals surface area contributed by atoms with Gasteiger partial charge in [0, 0.05) is 31.2 Å². The van der Waals surface area contributed by atoms with Crippen LogP contribution in [-0.2, 0) is 0 Å². The molecular weight excluding hydrogens is 240 g/mol. The van der Waals surface area contributed by atoms with Crippen LogP contribution in [0.5, 0.6) is 5.75 Å². The fourth-order valence-electron chi connectivity index (χ4n) is 1.94. The third kappa shape index (κ3) is 2.53. The number of phenolic OH excluding ortho intramolecular Hbond substituents is 1. The Hall–Kier alpha value is -1.26. The number of phenols is 1. The van der Waals surface area contributed by atoms with Gasteiger partial charge in [-0.3, -0.25) is 4.79 Å². The Morgan fingerprint density at radius 1 is 1.41 bits per heavy atom. The molecule has 0 unspecified atom stereocenters. The normalized spacial score (nSPS) is 16.0. The SMILES string of the molecule is Cc1cc(Cl)cc(C(=O)N2CCNCC2)c1O. The van der Waals surface area contributed by atoms with Crippen molar-refractivity contribution in [3.05, 3.63) is 28.3 Å². The molecule has 92 valence electrons. The van der Waals surface area contributed by atoms with Gasteiger partial charge in [0.25, 0.3) is 5.91 Å². The monoisotopic (exact) mass is 254 g/mol. The minimum Gasteiger partial charge on any atom is -0.507 e. The van der Waals surface area contributed by atoms with Crippen molar-refractivity contribution in [3.63, 3.8) is 0 Å². The molecule has 1 aliphatic heterocycles. The molecule has 2 rings (SSSR count). The van der Waals surface area contributed by atoms with Gasteiger partial charge >= 0.3 is 0 Å². The summed E-state index contributed by atoms with van der Waals surface area (Å²) in [5.41, 5.74) is 0.910. The molecule has 0 aliphatic carbocycles. The lowest BCUT2D eigenvalue weighted by Gasteiger charge is -2.27. The Balaban J connectivity index is 2.29. The topological polar surface area (TPSA) is 52.6 Å². The second-order valence-electron chi connectivity index (χ2n) is 4.16. The van der Waals surface area contributed by atoms with Crippen LogP contribution < -0.4 is 5.32 Å². The largest absolute Gasteiger partial charge is 0.507 e. The van der Waals surface area contributed by atoms with E-state index in [-0.39, 0.29) is 17.2 Å². The molecule has 1 aromatic rings. The Kier molecular flexibility index (Phi) is 3.54. The summed E-state index contributed by atoms with van der Waals surface area (Å²) in [4.78, 5) is 13.9. The number of halogens is 1. The molecule has 0 aromatic heterocycles. The maximum Gasteiger partial charge on any atom is 0.257 e. The highest BCUT2D eigenvalue weighted by atomic mass is 35.5. The van der Waals surface area contributed by atoms with Gasteiger partial charge in [0.1, 0.15) is 5.75 Å². The highest BCUT2D eigenvalue weighted by Gasteiger charge is 2.21. The molecule has 4 nitrogen and oxygen atoms in total. The van der Waals surface area contributed by atoms with E-state index in [2.05, 4.69) is 5.32 Å². The number of nitrogens with one attached hydrogen (secondary N) is 1. The molecule has 0 saturated carbocycles. The first-order chi connectivity index (χ1) is 8.09. The number of benzene rings is 1. The van der Waals surface area contributed by atoms with Crippen molar-refractivity contribution >= 4 is 17.5 Å². The highest BCUT2D eigenvalue weighted by Crippen LogP contribution is 2.27. The molecule has 0 atom stereocenters. The van der Waals surface area contributed by atoms with E-state index in [1.807, 2.05) is 0 Å². The molecule has 2 N–H and O–H groups in total. The van der Waals surface area contributed by atoms with E-state index in [0.717, 1.165) is 13.1 Å². The lowest BCUT2D eigenvalue weighted by atomic mass is 10.1. The Morgan fingerprint density at radius 3 is 2.71 bits per heavy atom. The molecular formula is C12H15ClN2O2. The van der Waals surface area contributed by atoms with Crippen molar-refractivity contribution in [1.29, 1.82) is 0 Å². The third-order valence-corrected chi connectivity index (χ3v) is 3.12. The van der Waals surface area contributed by atoms with Crippen molar-refractivity contribution < 1.29 is 9.90 Å². The Bertz CT molecular complexity index is 442. The lowest BCUT2D eigenvalue weighted by Crippen LogP contribution is -2.46. The number of rotatable bonds is 1. The van der Waals surface area contributed by atoms with Crippen LogP contribution >= 0.6 is 11.6 Å². The summed E-state index contributed by atoms with van der Waals surface area (Å²) in [6, 6.07) is 3.17. The molecule has 0 spiro atoms. The molecule has 5 heteroatoms. The first kappa shape index (κ1) is 12.2. The van der Waals surface area contributed by atoms with E-state index in [9.17, 15) is 9.90 Å². The van der Waals surface area contributed by atoms with Crippen molar-refractivity contribution in [1.82, 2.24) is 10.2 Å². The molecule has 1 heterocycles. The van der Waals surface area contributed by atoms with Crippen LogP contribution in [0.2, 0.25) is 5.02 Å². The third-order valence-electron chi connectivity index (χ3n) is 2.90. The molecule has 17 heavy (non-hydrogen) atoms. The molecule has 1 fully saturated rings. The van der Waals surface area contributed by atoms with Gasteiger partial charge in [-0.05, 0) is 24.6 Å². The van der Waals surface area contributed by atoms with Crippen LogP contribution in [-0.4, -0.2) is 42.1 Å². The maximum atomic E-state index is 12.2. The van der Waals surface area contributed by atoms with E-state index >= 15 is 0 Å². The van der Waals surface area contributed by atoms with Crippen molar-refractivity contribution in [2.24, 2.45) is 0 Å². The van der Waals surface area contributed by atoms with Gasteiger partial charge in [-0.1, -0.05) is 11.6 Å². The van der Waals surface area contributed by atoms with Gasteiger partial charge in [0.05, 0.1) is 5.56 Å². The molecule has 1 amide bonds. The Labute approximate surface area is 105 Å². The second kappa shape index (κ2) is 4.94. The van der Waals surface area contributed by atoms with Gasteiger partial charge in [-0.2, -0.15) is 0 Å². The summed E-state index contributed by atoms with van der Waals surface area (Å²) in [6.07, 6.45) is 0. The van der Waals surface area contributed by atoms with Gasteiger partial charge in [-0.25, -0.2) is 0 Å². The number of aryl methyl sites for hydroxylation is 1. The van der Waals surface area contributed by atoms with Crippen LogP contribution in [0.4, 0.5) is 0 Å². The average molecular weight is 255 g/mol. The molecule has 0 radical (unpaired) electrons. The molecule has 1 aromatic carbocycles. The van der Waals surface area contributed by atoms with Crippen LogP contribution in [0.1, 0.15) is 15.9 Å². The quantitative estimate of drug-likeness (QED) is 0.797. The van der Waals surface area contributed by atoms with E-state index in [0.29, 0.717) is 23.7 Å². The van der Waals surface area contributed by atoms with Gasteiger partial charge in [-0.15, -0.1) is 0 Å². The van der Waals surface area contributed by atoms with Gasteiger partial charge in [0.2, 0.25) is 0 Å². The first-order valence-electron chi connectivity index (χ1n) is 5.58. The number of hydrogen-bond acceptors (Lipinski definition) is 3. The van der Waals surface area contributed by atoms with Crippen molar-refractivity contribution in [2.45, 2.75) is 6.92 Å². The number of carbonyl (C=O) groups excluding carboxylic acids is 1. The average Bonchev–Trinajstić information content (AvgIpc) is 2.34. The maximum absolute atomic E-state index is 12.2. The zero-order chi connectivity index (χ0) is 12.4. The minimum absolute atomic E-state index is 0.0259. The summed E-state index contributed by atoms with van der Waals surface area (Å²) >= 11 is 5.91. The summed E-state index contributed by atoms with van der Waals surface area (Å²) in [5.74, 6) is -0.132. The fourth-order valence-corrected chi connectivity index (χ4v) is 2.21. The van der Waals surface area contributed by atoms with Gasteiger partial charge in [0.15, 0.2) is 0 Å². The molecule has 1 aliphatic rings. The summed E-state index contributed by atoms with van der Waals surface area (Å²) in [6.45, 7) is 4.61. The Morgan fingerprint density at radius 2 is 2.06 bits per heavy atom. The second-order valence-corrected chi connectivity index (χ2v) is 4.60. The fraction of sp³-hybridized carbons (Fsp3) is 0.417. The number of piperazine rings is 1. The van der Waals surface area contributed by atoms with Crippen molar-refractivity contribution in [3.8, 4) is 5.75 Å². The number of hydrogen-bond donors (Lipinski definition) is 2. The number of amides is 1. The lowest BCUT2D eigenvalue weighted by molar-refractivity contribution is 0.0732. The van der Waals surface area contributed by atoms with E-state index in [1.165, 1.54) is 6.07 Å².